The summed E-state index contributed by atoms with van der Waals surface area (Å²) in [5.74, 6) is 1.63. The molecule has 2 unspecified atom stereocenters. The molecule has 13 heteroatoms. The van der Waals surface area contributed by atoms with Crippen molar-refractivity contribution in [3.05, 3.63) is 29.3 Å². The minimum absolute atomic E-state index is 0.0465. The first-order chi connectivity index (χ1) is 17.8. The van der Waals surface area contributed by atoms with Crippen LogP contribution in [0.15, 0.2) is 24.4 Å². The smallest absolute Gasteiger partial charge is 0.282 e. The highest BCUT2D eigenvalue weighted by Gasteiger charge is 2.51. The van der Waals surface area contributed by atoms with Gasteiger partial charge in [-0.05, 0) is 44.7 Å². The van der Waals surface area contributed by atoms with Crippen LogP contribution < -0.4 is 15.4 Å². The summed E-state index contributed by atoms with van der Waals surface area (Å²) >= 11 is 1.55. The third kappa shape index (κ3) is 4.48. The number of nitriles is 1. The lowest BCUT2D eigenvalue weighted by molar-refractivity contribution is 0.182. The maximum Gasteiger partial charge on any atom is 0.282 e. The van der Waals surface area contributed by atoms with Crippen molar-refractivity contribution in [3.8, 4) is 11.8 Å². The number of benzene rings is 1. The molecule has 0 radical (unpaired) electrons. The Morgan fingerprint density at radius 1 is 1.19 bits per heavy atom. The van der Waals surface area contributed by atoms with Crippen molar-refractivity contribution in [2.24, 2.45) is 5.92 Å². The van der Waals surface area contributed by atoms with Crippen molar-refractivity contribution < 1.29 is 13.2 Å². The molecule has 2 N–H and O–H groups in total. The predicted molar refractivity (Wildman–Crippen MR) is 141 cm³/mol. The molecule has 0 spiro atoms. The first-order valence-corrected chi connectivity index (χ1v) is 14.6. The summed E-state index contributed by atoms with van der Waals surface area (Å²) in [6.07, 6.45) is 4.85. The highest BCUT2D eigenvalue weighted by atomic mass is 32.2. The van der Waals surface area contributed by atoms with Gasteiger partial charge >= 0.3 is 0 Å². The van der Waals surface area contributed by atoms with E-state index in [4.69, 9.17) is 20.0 Å². The maximum atomic E-state index is 13.3. The molecule has 0 aliphatic carbocycles. The van der Waals surface area contributed by atoms with Gasteiger partial charge in [0.05, 0.1) is 24.6 Å². The molecule has 37 heavy (non-hydrogen) atoms. The van der Waals surface area contributed by atoms with Gasteiger partial charge in [0.2, 0.25) is 5.95 Å². The lowest BCUT2D eigenvalue weighted by Gasteiger charge is -2.43. The van der Waals surface area contributed by atoms with Gasteiger partial charge in [-0.2, -0.15) is 27.3 Å². The first-order valence-electron chi connectivity index (χ1n) is 12.3. The van der Waals surface area contributed by atoms with E-state index in [1.165, 1.54) is 4.31 Å². The molecule has 3 aliphatic rings. The van der Waals surface area contributed by atoms with Crippen LogP contribution in [-0.2, 0) is 10.2 Å². The molecule has 3 saturated heterocycles. The fourth-order valence-corrected chi connectivity index (χ4v) is 8.37. The van der Waals surface area contributed by atoms with Gasteiger partial charge in [-0.1, -0.05) is 0 Å². The number of anilines is 3. The Morgan fingerprint density at radius 3 is 2.59 bits per heavy atom. The zero-order valence-corrected chi connectivity index (χ0v) is 22.2. The van der Waals surface area contributed by atoms with Crippen LogP contribution in [0.2, 0.25) is 0 Å². The van der Waals surface area contributed by atoms with Crippen LogP contribution in [-0.4, -0.2) is 70.3 Å². The third-order valence-corrected chi connectivity index (χ3v) is 10.3. The first kappa shape index (κ1) is 24.3. The number of rotatable bonds is 7. The average Bonchev–Trinajstić information content (AvgIpc) is 3.38. The van der Waals surface area contributed by atoms with Crippen LogP contribution in [0.5, 0.6) is 5.75 Å². The molecule has 0 saturated carbocycles. The van der Waals surface area contributed by atoms with Gasteiger partial charge in [0.25, 0.3) is 10.2 Å². The van der Waals surface area contributed by atoms with Gasteiger partial charge in [0.15, 0.2) is 5.13 Å². The normalized spacial score (nSPS) is 24.5. The van der Waals surface area contributed by atoms with Crippen molar-refractivity contribution in [1.82, 2.24) is 23.6 Å². The standard InChI is InChI=1S/C24H28N8O3S2/c1-14-11-26-24(36-14)30-22-20-6-5-19(35-2)9-21(20)28-23(29-22)27-16-7-17-3-4-18(8-16)32(17)37(33,34)31-12-15(10-25)13-31/h5-6,9,11,15-18H,3-4,7-8,12-13H2,1-2H3,(H2,26,27,28,29,30). The summed E-state index contributed by atoms with van der Waals surface area (Å²) in [6.45, 7) is 2.59. The van der Waals surface area contributed by atoms with Crippen LogP contribution in [0.25, 0.3) is 10.9 Å². The van der Waals surface area contributed by atoms with E-state index in [2.05, 4.69) is 21.7 Å². The molecule has 3 fully saturated rings. The van der Waals surface area contributed by atoms with E-state index in [1.807, 2.05) is 31.3 Å². The van der Waals surface area contributed by atoms with Crippen LogP contribution in [0.3, 0.4) is 0 Å². The number of methoxy groups -OCH3 is 1. The van der Waals surface area contributed by atoms with Gasteiger partial charge in [0, 0.05) is 53.7 Å². The molecule has 6 rings (SSSR count). The molecular formula is C24H28N8O3S2. The number of hydrogen-bond donors (Lipinski definition) is 2. The summed E-state index contributed by atoms with van der Waals surface area (Å²) < 4.78 is 35.1. The summed E-state index contributed by atoms with van der Waals surface area (Å²) in [4.78, 5) is 15.1. The lowest BCUT2D eigenvalue weighted by Crippen LogP contribution is -2.59. The summed E-state index contributed by atoms with van der Waals surface area (Å²) in [7, 11) is -1.93. The van der Waals surface area contributed by atoms with Crippen molar-refractivity contribution in [3.63, 3.8) is 0 Å². The fraction of sp³-hybridized carbons (Fsp3) is 0.500. The average molecular weight is 541 g/mol. The molecule has 2 atom stereocenters. The Kier molecular flexibility index (Phi) is 6.15. The molecule has 0 amide bonds. The number of hydrogen-bond acceptors (Lipinski definition) is 10. The Morgan fingerprint density at radius 2 is 1.95 bits per heavy atom. The predicted octanol–water partition coefficient (Wildman–Crippen LogP) is 3.25. The highest BCUT2D eigenvalue weighted by molar-refractivity contribution is 7.86. The van der Waals surface area contributed by atoms with Crippen molar-refractivity contribution >= 4 is 49.3 Å². The number of fused-ring (bicyclic) bond motifs is 3. The van der Waals surface area contributed by atoms with E-state index in [0.717, 1.165) is 33.8 Å². The summed E-state index contributed by atoms with van der Waals surface area (Å²) in [5, 5.41) is 17.5. The number of piperidine rings is 1. The lowest BCUT2D eigenvalue weighted by atomic mass is 10.00. The minimum atomic E-state index is -3.55. The number of nitrogens with zero attached hydrogens (tertiary/aromatic N) is 6. The molecule has 3 aromatic rings. The van der Waals surface area contributed by atoms with Crippen LogP contribution in [0.4, 0.5) is 16.9 Å². The Hall–Kier alpha value is -3.05. The zero-order chi connectivity index (χ0) is 25.7. The van der Waals surface area contributed by atoms with Crippen LogP contribution >= 0.6 is 11.3 Å². The molecule has 194 valence electrons. The van der Waals surface area contributed by atoms with E-state index < -0.39 is 10.2 Å². The van der Waals surface area contributed by atoms with Gasteiger partial charge in [-0.3, -0.25) is 0 Å². The third-order valence-electron chi connectivity index (χ3n) is 7.37. The van der Waals surface area contributed by atoms with E-state index in [-0.39, 0.29) is 24.0 Å². The second-order valence-corrected chi connectivity index (χ2v) is 12.9. The molecule has 2 aromatic heterocycles. The fourth-order valence-electron chi connectivity index (χ4n) is 5.56. The van der Waals surface area contributed by atoms with Crippen LogP contribution in [0, 0.1) is 24.2 Å². The van der Waals surface area contributed by atoms with Gasteiger partial charge in [0.1, 0.15) is 11.6 Å². The van der Waals surface area contributed by atoms with E-state index in [9.17, 15) is 8.42 Å². The largest absolute Gasteiger partial charge is 0.497 e. The Bertz CT molecular complexity index is 1470. The molecule has 3 aliphatic heterocycles. The highest BCUT2D eigenvalue weighted by Crippen LogP contribution is 2.41. The Balaban J connectivity index is 1.23. The molecule has 1 aromatic carbocycles. The number of nitrogens with one attached hydrogen (secondary N) is 2. The van der Waals surface area contributed by atoms with Crippen molar-refractivity contribution in [2.45, 2.75) is 50.7 Å². The molecular weight excluding hydrogens is 512 g/mol. The molecule has 2 bridgehead atoms. The van der Waals surface area contributed by atoms with Crippen molar-refractivity contribution in [2.75, 3.05) is 30.8 Å². The second kappa shape index (κ2) is 9.36. The number of aromatic nitrogens is 3. The monoisotopic (exact) mass is 540 g/mol. The van der Waals surface area contributed by atoms with E-state index in [1.54, 1.807) is 22.8 Å². The van der Waals surface area contributed by atoms with Crippen LogP contribution in [0.1, 0.15) is 30.6 Å². The maximum absolute atomic E-state index is 13.3. The van der Waals surface area contributed by atoms with Gasteiger partial charge < -0.3 is 15.4 Å². The zero-order valence-electron chi connectivity index (χ0n) is 20.6. The minimum Gasteiger partial charge on any atom is -0.497 e. The number of ether oxygens (including phenoxy) is 1. The quantitative estimate of drug-likeness (QED) is 0.463. The van der Waals surface area contributed by atoms with Crippen molar-refractivity contribution in [1.29, 1.82) is 5.26 Å². The summed E-state index contributed by atoms with van der Waals surface area (Å²) in [6, 6.07) is 7.74. The van der Waals surface area contributed by atoms with Gasteiger partial charge in [-0.15, -0.1) is 11.3 Å². The van der Waals surface area contributed by atoms with Gasteiger partial charge in [-0.25, -0.2) is 9.97 Å². The Labute approximate surface area is 219 Å². The number of aryl methyl sites for hydroxylation is 1. The molecule has 5 heterocycles. The van der Waals surface area contributed by atoms with E-state index >= 15 is 0 Å². The SMILES string of the molecule is COc1ccc2c(Nc3ncc(C)s3)nc(NC3CC4CCC(C3)N4S(=O)(=O)N3CC(C#N)C3)nc2c1. The molecule has 11 nitrogen and oxygen atoms in total. The number of thiazole rings is 1. The topological polar surface area (TPSA) is 136 Å². The second-order valence-electron chi connectivity index (χ2n) is 9.86. The summed E-state index contributed by atoms with van der Waals surface area (Å²) in [5.41, 5.74) is 0.737. The van der Waals surface area contributed by atoms with E-state index in [0.29, 0.717) is 43.4 Å².